The maximum atomic E-state index is 5.36. The Balaban J connectivity index is 2.04. The Hall–Kier alpha value is -1.72. The van der Waals surface area contributed by atoms with Gasteiger partial charge in [-0.3, -0.25) is 0 Å². The van der Waals surface area contributed by atoms with E-state index in [1.54, 1.807) is 5.12 Å². The molecule has 0 bridgehead atoms. The van der Waals surface area contributed by atoms with Crippen molar-refractivity contribution in [1.82, 2.24) is 5.12 Å². The van der Waals surface area contributed by atoms with Gasteiger partial charge in [-0.25, -0.2) is 0 Å². The molecule has 1 aromatic rings. The number of para-hydroxylation sites is 1. The van der Waals surface area contributed by atoms with Gasteiger partial charge in [0, 0.05) is 0 Å². The molecule has 1 atom stereocenters. The van der Waals surface area contributed by atoms with Crippen LogP contribution < -0.4 is 16.9 Å². The summed E-state index contributed by atoms with van der Waals surface area (Å²) in [5.41, 5.74) is 14.8. The van der Waals surface area contributed by atoms with E-state index >= 15 is 0 Å². The normalized spacial score (nSPS) is 18.5. The Bertz CT molecular complexity index is 400. The zero-order valence-corrected chi connectivity index (χ0v) is 10.2. The third-order valence-electron chi connectivity index (χ3n) is 1.84. The zero-order valence-electron chi connectivity index (χ0n) is 8.45. The average molecular weight is 283 g/mol. The van der Waals surface area contributed by atoms with Crippen LogP contribution in [0.15, 0.2) is 40.4 Å². The average Bonchev–Trinajstić information content (AvgIpc) is 2.66. The van der Waals surface area contributed by atoms with Gasteiger partial charge < -0.3 is 0 Å². The Morgan fingerprint density at radius 1 is 1.38 bits per heavy atom. The number of hydrogen-bond donors (Lipinski definition) is 3. The van der Waals surface area contributed by atoms with Crippen LogP contribution in [0.1, 0.15) is 0 Å². The number of guanidine groups is 1. The topological polar surface area (TPSA) is 92.0 Å². The van der Waals surface area contributed by atoms with Gasteiger partial charge in [-0.05, 0) is 0 Å². The molecule has 16 heavy (non-hydrogen) atoms. The first-order chi connectivity index (χ1) is 7.75. The third kappa shape index (κ3) is 2.65. The molecule has 0 saturated carbocycles. The van der Waals surface area contributed by atoms with E-state index in [0.717, 1.165) is 5.69 Å². The number of nitrogens with two attached hydrogens (primary N) is 2. The number of nitrogens with zero attached hydrogens (tertiary/aromatic N) is 3. The van der Waals surface area contributed by atoms with Crippen LogP contribution in [0, 0.1) is 0 Å². The van der Waals surface area contributed by atoms with Gasteiger partial charge in [-0.1, -0.05) is 0 Å². The first kappa shape index (κ1) is 10.8. The number of hydrazine groups is 1. The second-order valence-corrected chi connectivity index (χ2v) is 4.96. The molecule has 84 valence electrons. The summed E-state index contributed by atoms with van der Waals surface area (Å²) < 4.78 is 0. The summed E-state index contributed by atoms with van der Waals surface area (Å²) in [7, 11) is 0. The molecule has 1 unspecified atom stereocenters. The zero-order chi connectivity index (χ0) is 11.4. The number of aliphatic imine (C=N–C) groups is 1. The monoisotopic (exact) mass is 284 g/mol. The van der Waals surface area contributed by atoms with Gasteiger partial charge in [0.15, 0.2) is 0 Å². The molecular formula is C9H12N6Se. The van der Waals surface area contributed by atoms with Crippen molar-refractivity contribution in [2.45, 2.75) is 5.06 Å². The predicted octanol–water partition coefficient (Wildman–Crippen LogP) is -0.466. The van der Waals surface area contributed by atoms with Gasteiger partial charge in [0.05, 0.1) is 0 Å². The van der Waals surface area contributed by atoms with Gasteiger partial charge in [-0.15, -0.1) is 0 Å². The molecule has 0 radical (unpaired) electrons. The molecule has 0 amide bonds. The van der Waals surface area contributed by atoms with Crippen LogP contribution in [0.25, 0.3) is 0 Å². The minimum absolute atomic E-state index is 0.0808. The molecule has 0 aromatic heterocycles. The molecule has 0 fully saturated rings. The Morgan fingerprint density at radius 3 is 2.81 bits per heavy atom. The molecule has 1 aliphatic heterocycles. The third-order valence-corrected chi connectivity index (χ3v) is 3.44. The Kier molecular flexibility index (Phi) is 3.28. The van der Waals surface area contributed by atoms with E-state index < -0.39 is 0 Å². The number of benzene rings is 1. The second kappa shape index (κ2) is 4.87. The molecule has 6 nitrogen and oxygen atoms in total. The van der Waals surface area contributed by atoms with E-state index in [4.69, 9.17) is 11.5 Å². The van der Waals surface area contributed by atoms with E-state index in [0.29, 0.717) is 0 Å². The molecule has 7 heteroatoms. The van der Waals surface area contributed by atoms with E-state index in [1.807, 2.05) is 35.4 Å². The summed E-state index contributed by atoms with van der Waals surface area (Å²) in [6.45, 7) is 0. The van der Waals surface area contributed by atoms with Crippen molar-refractivity contribution < 1.29 is 0 Å². The van der Waals surface area contributed by atoms with Crippen molar-refractivity contribution in [3.8, 4) is 0 Å². The summed E-state index contributed by atoms with van der Waals surface area (Å²) in [6.07, 6.45) is 0. The molecule has 1 heterocycles. The SMILES string of the molecule is NC(N)=NC1[Se]C=NN1Nc1ccccc1. The van der Waals surface area contributed by atoms with Crippen LogP contribution in [0.3, 0.4) is 0 Å². The second-order valence-electron chi connectivity index (χ2n) is 3.06. The molecule has 1 aliphatic rings. The van der Waals surface area contributed by atoms with E-state index in [9.17, 15) is 0 Å². The van der Waals surface area contributed by atoms with E-state index in [1.165, 1.54) is 0 Å². The first-order valence-corrected chi connectivity index (χ1v) is 6.61. The summed E-state index contributed by atoms with van der Waals surface area (Å²) in [5.74, 6) is 0.0808. The molecule has 0 saturated heterocycles. The first-order valence-electron chi connectivity index (χ1n) is 4.63. The van der Waals surface area contributed by atoms with Crippen LogP contribution in [0.5, 0.6) is 0 Å². The van der Waals surface area contributed by atoms with Crippen molar-refractivity contribution >= 4 is 31.7 Å². The van der Waals surface area contributed by atoms with Crippen molar-refractivity contribution in [1.29, 1.82) is 0 Å². The molecule has 0 aliphatic carbocycles. The van der Waals surface area contributed by atoms with Crippen molar-refractivity contribution in [2.75, 3.05) is 5.43 Å². The molecular weight excluding hydrogens is 271 g/mol. The maximum absolute atomic E-state index is 5.36. The summed E-state index contributed by atoms with van der Waals surface area (Å²) in [4.78, 5) is 4.09. The van der Waals surface area contributed by atoms with Gasteiger partial charge in [0.1, 0.15) is 0 Å². The van der Waals surface area contributed by atoms with Gasteiger partial charge in [0.25, 0.3) is 0 Å². The van der Waals surface area contributed by atoms with E-state index in [2.05, 4.69) is 15.5 Å². The number of nitrogens with one attached hydrogen (secondary N) is 1. The number of rotatable bonds is 3. The van der Waals surface area contributed by atoms with Crippen molar-refractivity contribution in [3.05, 3.63) is 30.3 Å². The fourth-order valence-electron chi connectivity index (χ4n) is 1.19. The molecule has 0 spiro atoms. The number of anilines is 1. The van der Waals surface area contributed by atoms with Crippen LogP contribution in [-0.4, -0.2) is 36.2 Å². The minimum atomic E-state index is -0.113. The standard InChI is InChI=1S/C9H12N6Se/c10-8(11)13-9-15(12-6-16-9)14-7-4-2-1-3-5-7/h1-6,9,14H,(H4,10,11,13). The fourth-order valence-corrected chi connectivity index (χ4v) is 2.59. The summed E-state index contributed by atoms with van der Waals surface area (Å²) >= 11 is 0.145. The van der Waals surface area contributed by atoms with E-state index in [-0.39, 0.29) is 26.0 Å². The summed E-state index contributed by atoms with van der Waals surface area (Å²) in [6, 6.07) is 9.75. The quantitative estimate of drug-likeness (QED) is 0.397. The number of hydrogen-bond acceptors (Lipinski definition) is 4. The Morgan fingerprint density at radius 2 is 2.12 bits per heavy atom. The van der Waals surface area contributed by atoms with Crippen LogP contribution in [0.4, 0.5) is 5.69 Å². The molecule has 1 aromatic carbocycles. The van der Waals surface area contributed by atoms with Crippen molar-refractivity contribution in [2.24, 2.45) is 21.6 Å². The predicted molar refractivity (Wildman–Crippen MR) is 65.7 cm³/mol. The van der Waals surface area contributed by atoms with Crippen LogP contribution in [0.2, 0.25) is 0 Å². The van der Waals surface area contributed by atoms with Crippen LogP contribution in [-0.2, 0) is 0 Å². The van der Waals surface area contributed by atoms with Gasteiger partial charge in [-0.2, -0.15) is 0 Å². The van der Waals surface area contributed by atoms with Crippen LogP contribution >= 0.6 is 0 Å². The van der Waals surface area contributed by atoms with Gasteiger partial charge in [0.2, 0.25) is 0 Å². The molecule has 5 N–H and O–H groups in total. The van der Waals surface area contributed by atoms with Gasteiger partial charge >= 0.3 is 99.2 Å². The number of hydrazone groups is 1. The summed E-state index contributed by atoms with van der Waals surface area (Å²) in [5, 5.41) is 7.55. The van der Waals surface area contributed by atoms with Crippen molar-refractivity contribution in [3.63, 3.8) is 0 Å². The Labute approximate surface area is 99.5 Å². The molecule has 2 rings (SSSR count). The fraction of sp³-hybridized carbons (Fsp3) is 0.111.